The van der Waals surface area contributed by atoms with Gasteiger partial charge in [0, 0.05) is 17.7 Å². The van der Waals surface area contributed by atoms with Gasteiger partial charge in [-0.1, -0.05) is 36.4 Å². The summed E-state index contributed by atoms with van der Waals surface area (Å²) in [6, 6.07) is 15.3. The zero-order valence-electron chi connectivity index (χ0n) is 14.8. The molecule has 1 atom stereocenters. The molecule has 0 aliphatic rings. The summed E-state index contributed by atoms with van der Waals surface area (Å²) in [7, 11) is 0. The van der Waals surface area contributed by atoms with Gasteiger partial charge in [0.25, 0.3) is 5.91 Å². The molecular formula is C20H23NO6. The summed E-state index contributed by atoms with van der Waals surface area (Å²) in [5, 5.41) is 20.3. The smallest absolute Gasteiger partial charge is 0.414 e. The lowest BCUT2D eigenvalue weighted by Gasteiger charge is -2.21. The first kappa shape index (κ1) is 20.4. The van der Waals surface area contributed by atoms with Gasteiger partial charge in [0.15, 0.2) is 0 Å². The van der Waals surface area contributed by atoms with E-state index in [1.807, 2.05) is 0 Å². The zero-order valence-corrected chi connectivity index (χ0v) is 14.8. The van der Waals surface area contributed by atoms with Crippen LogP contribution in [0.25, 0.3) is 0 Å². The largest absolute Gasteiger partial charge is 0.491 e. The predicted molar refractivity (Wildman–Crippen MR) is 98.5 cm³/mol. The van der Waals surface area contributed by atoms with Crippen LogP contribution in [0.1, 0.15) is 34.9 Å². The number of amides is 2. The van der Waals surface area contributed by atoms with Gasteiger partial charge in [-0.2, -0.15) is 0 Å². The highest BCUT2D eigenvalue weighted by molar-refractivity contribution is 6.02. The summed E-state index contributed by atoms with van der Waals surface area (Å²) in [6.45, 7) is -0.116. The second-order valence-electron chi connectivity index (χ2n) is 5.69. The molecule has 0 radical (unpaired) electrons. The van der Waals surface area contributed by atoms with Crippen molar-refractivity contribution in [1.29, 1.82) is 0 Å². The Morgan fingerprint density at radius 1 is 0.963 bits per heavy atom. The molecule has 0 saturated heterocycles. The van der Waals surface area contributed by atoms with Crippen LogP contribution in [-0.2, 0) is 4.74 Å². The number of rotatable bonds is 9. The predicted octanol–water partition coefficient (Wildman–Crippen LogP) is 2.44. The summed E-state index contributed by atoms with van der Waals surface area (Å²) in [5.41, 5.74) is 0.940. The van der Waals surface area contributed by atoms with Crippen LogP contribution in [0.15, 0.2) is 54.6 Å². The number of benzene rings is 2. The van der Waals surface area contributed by atoms with Gasteiger partial charge in [0.1, 0.15) is 18.5 Å². The lowest BCUT2D eigenvalue weighted by molar-refractivity contribution is 0.0756. The molecule has 144 valence electrons. The molecule has 2 amide bonds. The molecular weight excluding hydrogens is 350 g/mol. The first-order valence-electron chi connectivity index (χ1n) is 8.66. The summed E-state index contributed by atoms with van der Waals surface area (Å²) >= 11 is 0. The van der Waals surface area contributed by atoms with E-state index in [9.17, 15) is 9.59 Å². The standard InChI is InChI=1S/C20H23NO6/c22-12-6-11-18(16-9-4-5-10-17(16)26-14-13-23)27-20(25)21-19(24)15-7-2-1-3-8-15/h1-5,7-10,18,22-23H,6,11-14H2,(H,21,24,25)/t18-/m0/s1. The molecule has 0 aliphatic heterocycles. The van der Waals surface area contributed by atoms with E-state index in [-0.39, 0.29) is 19.8 Å². The SMILES string of the molecule is O=C(NC(=O)c1ccccc1)O[C@@H](CCCO)c1ccccc1OCCO. The van der Waals surface area contributed by atoms with Gasteiger partial charge in [0.2, 0.25) is 0 Å². The van der Waals surface area contributed by atoms with Crippen molar-refractivity contribution in [3.05, 3.63) is 65.7 Å². The van der Waals surface area contributed by atoms with Gasteiger partial charge in [-0.25, -0.2) is 4.79 Å². The molecule has 3 N–H and O–H groups in total. The molecule has 0 unspecified atom stereocenters. The number of aliphatic hydroxyl groups excluding tert-OH is 2. The highest BCUT2D eigenvalue weighted by Gasteiger charge is 2.22. The van der Waals surface area contributed by atoms with Gasteiger partial charge in [0.05, 0.1) is 6.61 Å². The summed E-state index contributed by atoms with van der Waals surface area (Å²) in [4.78, 5) is 24.3. The lowest BCUT2D eigenvalue weighted by atomic mass is 10.0. The third kappa shape index (κ3) is 6.40. The molecule has 2 aromatic carbocycles. The summed E-state index contributed by atoms with van der Waals surface area (Å²) in [6.07, 6.45) is -0.846. The summed E-state index contributed by atoms with van der Waals surface area (Å²) in [5.74, 6) is -0.0944. The summed E-state index contributed by atoms with van der Waals surface area (Å²) < 4.78 is 10.9. The molecule has 0 fully saturated rings. The quantitative estimate of drug-likeness (QED) is 0.624. The van der Waals surface area contributed by atoms with Crippen LogP contribution < -0.4 is 10.1 Å². The Labute approximate surface area is 157 Å². The van der Waals surface area contributed by atoms with Crippen molar-refractivity contribution in [3.8, 4) is 5.75 Å². The molecule has 0 spiro atoms. The van der Waals surface area contributed by atoms with Crippen LogP contribution in [0.5, 0.6) is 5.75 Å². The molecule has 0 bridgehead atoms. The maximum absolute atomic E-state index is 12.2. The number of carbonyl (C=O) groups excluding carboxylic acids is 2. The number of nitrogens with one attached hydrogen (secondary N) is 1. The number of ether oxygens (including phenoxy) is 2. The van der Waals surface area contributed by atoms with E-state index in [4.69, 9.17) is 19.7 Å². The fourth-order valence-corrected chi connectivity index (χ4v) is 2.50. The van der Waals surface area contributed by atoms with Gasteiger partial charge in [-0.3, -0.25) is 10.1 Å². The average Bonchev–Trinajstić information content (AvgIpc) is 2.70. The van der Waals surface area contributed by atoms with Crippen molar-refractivity contribution >= 4 is 12.0 Å². The normalized spacial score (nSPS) is 11.5. The molecule has 0 aromatic heterocycles. The number of hydrogen-bond acceptors (Lipinski definition) is 6. The van der Waals surface area contributed by atoms with Gasteiger partial charge < -0.3 is 19.7 Å². The number of carbonyl (C=O) groups is 2. The zero-order chi connectivity index (χ0) is 19.5. The third-order valence-electron chi connectivity index (χ3n) is 3.74. The van der Waals surface area contributed by atoms with E-state index in [1.54, 1.807) is 54.6 Å². The van der Waals surface area contributed by atoms with Crippen LogP contribution >= 0.6 is 0 Å². The average molecular weight is 373 g/mol. The Hall–Kier alpha value is -2.90. The van der Waals surface area contributed by atoms with Crippen molar-refractivity contribution in [1.82, 2.24) is 5.32 Å². The molecule has 2 aromatic rings. The Bertz CT molecular complexity index is 734. The fourth-order valence-electron chi connectivity index (χ4n) is 2.50. The molecule has 0 saturated carbocycles. The van der Waals surface area contributed by atoms with Crippen molar-refractivity contribution in [2.24, 2.45) is 0 Å². The Morgan fingerprint density at radius 2 is 1.67 bits per heavy atom. The van der Waals surface area contributed by atoms with Crippen molar-refractivity contribution in [2.45, 2.75) is 18.9 Å². The highest BCUT2D eigenvalue weighted by Crippen LogP contribution is 2.31. The van der Waals surface area contributed by atoms with E-state index in [0.29, 0.717) is 29.7 Å². The van der Waals surface area contributed by atoms with Crippen LogP contribution in [0, 0.1) is 0 Å². The third-order valence-corrected chi connectivity index (χ3v) is 3.74. The van der Waals surface area contributed by atoms with Crippen LogP contribution in [0.4, 0.5) is 4.79 Å². The second-order valence-corrected chi connectivity index (χ2v) is 5.69. The highest BCUT2D eigenvalue weighted by atomic mass is 16.6. The minimum Gasteiger partial charge on any atom is -0.491 e. The van der Waals surface area contributed by atoms with Gasteiger partial charge in [-0.05, 0) is 31.0 Å². The van der Waals surface area contributed by atoms with E-state index in [2.05, 4.69) is 5.32 Å². The van der Waals surface area contributed by atoms with Crippen LogP contribution in [-0.4, -0.2) is 42.0 Å². The Kier molecular flexibility index (Phi) is 8.28. The minimum absolute atomic E-state index is 0.0654. The van der Waals surface area contributed by atoms with E-state index in [1.165, 1.54) is 0 Å². The lowest BCUT2D eigenvalue weighted by Crippen LogP contribution is -2.32. The maximum atomic E-state index is 12.2. The van der Waals surface area contributed by atoms with E-state index >= 15 is 0 Å². The van der Waals surface area contributed by atoms with Crippen LogP contribution in [0.3, 0.4) is 0 Å². The van der Waals surface area contributed by atoms with E-state index in [0.717, 1.165) is 0 Å². The van der Waals surface area contributed by atoms with Crippen molar-refractivity contribution < 1.29 is 29.3 Å². The van der Waals surface area contributed by atoms with Gasteiger partial charge in [-0.15, -0.1) is 0 Å². The van der Waals surface area contributed by atoms with Gasteiger partial charge >= 0.3 is 6.09 Å². The first-order chi connectivity index (χ1) is 13.2. The Morgan fingerprint density at radius 3 is 2.37 bits per heavy atom. The monoisotopic (exact) mass is 373 g/mol. The van der Waals surface area contributed by atoms with Crippen molar-refractivity contribution in [2.75, 3.05) is 19.8 Å². The number of alkyl carbamates (subject to hydrolysis) is 1. The minimum atomic E-state index is -0.885. The molecule has 0 heterocycles. The number of para-hydroxylation sites is 1. The topological polar surface area (TPSA) is 105 Å². The van der Waals surface area contributed by atoms with E-state index < -0.39 is 18.1 Å². The maximum Gasteiger partial charge on any atom is 0.414 e. The molecule has 0 aliphatic carbocycles. The number of aliphatic hydroxyl groups is 2. The molecule has 7 heteroatoms. The number of imide groups is 1. The molecule has 7 nitrogen and oxygen atoms in total. The molecule has 27 heavy (non-hydrogen) atoms. The van der Waals surface area contributed by atoms with Crippen molar-refractivity contribution in [3.63, 3.8) is 0 Å². The number of hydrogen-bond donors (Lipinski definition) is 3. The first-order valence-corrected chi connectivity index (χ1v) is 8.66. The van der Waals surface area contributed by atoms with Crippen LogP contribution in [0.2, 0.25) is 0 Å². The fraction of sp³-hybridized carbons (Fsp3) is 0.300. The molecule has 2 rings (SSSR count). The second kappa shape index (κ2) is 10.9. The Balaban J connectivity index is 2.10.